The van der Waals surface area contributed by atoms with Gasteiger partial charge in [0.2, 0.25) is 0 Å². The number of anilines is 1. The van der Waals surface area contributed by atoms with Crippen molar-refractivity contribution in [2.75, 3.05) is 19.0 Å². The Morgan fingerprint density at radius 1 is 1.23 bits per heavy atom. The summed E-state index contributed by atoms with van der Waals surface area (Å²) in [5.74, 6) is -0.401. The van der Waals surface area contributed by atoms with Gasteiger partial charge in [-0.25, -0.2) is 4.79 Å². The average Bonchev–Trinajstić information content (AvgIpc) is 2.51. The van der Waals surface area contributed by atoms with Crippen LogP contribution in [0.15, 0.2) is 24.3 Å². The van der Waals surface area contributed by atoms with Gasteiger partial charge in [0.1, 0.15) is 5.60 Å². The van der Waals surface area contributed by atoms with Crippen molar-refractivity contribution in [1.82, 2.24) is 16.2 Å². The van der Waals surface area contributed by atoms with Crippen molar-refractivity contribution in [3.63, 3.8) is 0 Å². The zero-order valence-electron chi connectivity index (χ0n) is 15.6. The molecule has 0 aliphatic heterocycles. The largest absolute Gasteiger partial charge is 0.444 e. The Morgan fingerprint density at radius 3 is 2.54 bits per heavy atom. The Kier molecular flexibility index (Phi) is 8.27. The van der Waals surface area contributed by atoms with Crippen LogP contribution in [0, 0.1) is 0 Å². The van der Waals surface area contributed by atoms with Crippen LogP contribution in [0.1, 0.15) is 38.1 Å². The first kappa shape index (κ1) is 21.7. The second-order valence-corrected chi connectivity index (χ2v) is 7.02. The SMILES string of the molecule is COC[C@@H](C)NC(=S)NNC(=O)c1cccc(NC(=O)OC(C)(C)C)c1. The van der Waals surface area contributed by atoms with E-state index in [1.807, 2.05) is 6.92 Å². The van der Waals surface area contributed by atoms with Crippen molar-refractivity contribution >= 4 is 35.0 Å². The van der Waals surface area contributed by atoms with Crippen LogP contribution in [-0.2, 0) is 9.47 Å². The Morgan fingerprint density at radius 2 is 1.92 bits per heavy atom. The van der Waals surface area contributed by atoms with E-state index in [1.165, 1.54) is 6.07 Å². The van der Waals surface area contributed by atoms with Gasteiger partial charge in [-0.1, -0.05) is 6.07 Å². The molecule has 0 saturated carbocycles. The molecule has 0 bridgehead atoms. The van der Waals surface area contributed by atoms with Crippen LogP contribution in [0.2, 0.25) is 0 Å². The van der Waals surface area contributed by atoms with E-state index in [9.17, 15) is 9.59 Å². The lowest BCUT2D eigenvalue weighted by molar-refractivity contribution is 0.0635. The fourth-order valence-electron chi connectivity index (χ4n) is 1.90. The molecule has 1 atom stereocenters. The highest BCUT2D eigenvalue weighted by Gasteiger charge is 2.16. The number of hydrazine groups is 1. The topological polar surface area (TPSA) is 101 Å². The molecule has 0 saturated heterocycles. The number of hydrogen-bond donors (Lipinski definition) is 4. The van der Waals surface area contributed by atoms with E-state index in [2.05, 4.69) is 21.5 Å². The Hall–Kier alpha value is -2.39. The highest BCUT2D eigenvalue weighted by molar-refractivity contribution is 7.80. The second kappa shape index (κ2) is 9.93. The molecule has 0 heterocycles. The fraction of sp³-hybridized carbons (Fsp3) is 0.471. The molecular weight excluding hydrogens is 356 g/mol. The predicted molar refractivity (Wildman–Crippen MR) is 104 cm³/mol. The lowest BCUT2D eigenvalue weighted by Gasteiger charge is -2.19. The van der Waals surface area contributed by atoms with Gasteiger partial charge in [-0.05, 0) is 58.1 Å². The van der Waals surface area contributed by atoms with Gasteiger partial charge in [0.25, 0.3) is 5.91 Å². The van der Waals surface area contributed by atoms with Gasteiger partial charge in [-0.15, -0.1) is 0 Å². The first-order valence-electron chi connectivity index (χ1n) is 8.06. The quantitative estimate of drug-likeness (QED) is 0.457. The number of carbonyl (C=O) groups excluding carboxylic acids is 2. The first-order chi connectivity index (χ1) is 12.1. The van der Waals surface area contributed by atoms with E-state index >= 15 is 0 Å². The van der Waals surface area contributed by atoms with Gasteiger partial charge in [-0.2, -0.15) is 0 Å². The van der Waals surface area contributed by atoms with Crippen LogP contribution in [0.25, 0.3) is 0 Å². The maximum absolute atomic E-state index is 12.2. The van der Waals surface area contributed by atoms with Gasteiger partial charge < -0.3 is 14.8 Å². The van der Waals surface area contributed by atoms with Crippen LogP contribution >= 0.6 is 12.2 Å². The molecular formula is C17H26N4O4S. The van der Waals surface area contributed by atoms with Crippen LogP contribution < -0.4 is 21.5 Å². The van der Waals surface area contributed by atoms with Gasteiger partial charge in [-0.3, -0.25) is 21.0 Å². The van der Waals surface area contributed by atoms with E-state index in [1.54, 1.807) is 46.1 Å². The Labute approximate surface area is 159 Å². The van der Waals surface area contributed by atoms with Gasteiger partial charge in [0.15, 0.2) is 5.11 Å². The van der Waals surface area contributed by atoms with Crippen molar-refractivity contribution in [3.8, 4) is 0 Å². The summed E-state index contributed by atoms with van der Waals surface area (Å²) >= 11 is 5.08. The predicted octanol–water partition coefficient (Wildman–Crippen LogP) is 2.18. The summed E-state index contributed by atoms with van der Waals surface area (Å²) in [4.78, 5) is 24.0. The molecule has 8 nitrogen and oxygen atoms in total. The van der Waals surface area contributed by atoms with Crippen molar-refractivity contribution in [3.05, 3.63) is 29.8 Å². The average molecular weight is 382 g/mol. The number of benzene rings is 1. The number of rotatable bonds is 5. The highest BCUT2D eigenvalue weighted by atomic mass is 32.1. The summed E-state index contributed by atoms with van der Waals surface area (Å²) in [5.41, 5.74) is 5.29. The molecule has 0 radical (unpaired) electrons. The molecule has 4 N–H and O–H groups in total. The standard InChI is InChI=1S/C17H26N4O4S/c1-11(10-24-5)18-15(26)21-20-14(22)12-7-6-8-13(9-12)19-16(23)25-17(2,3)4/h6-9,11H,10H2,1-5H3,(H,19,23)(H,20,22)(H2,18,21,26)/t11-/m1/s1. The summed E-state index contributed by atoms with van der Waals surface area (Å²) in [5, 5.41) is 5.81. The number of methoxy groups -OCH3 is 1. The third-order valence-electron chi connectivity index (χ3n) is 2.85. The number of nitrogens with one attached hydrogen (secondary N) is 4. The minimum absolute atomic E-state index is 0.00161. The van der Waals surface area contributed by atoms with E-state index in [0.717, 1.165) is 0 Å². The molecule has 0 aliphatic rings. The zero-order valence-corrected chi connectivity index (χ0v) is 16.5. The zero-order chi connectivity index (χ0) is 19.7. The summed E-state index contributed by atoms with van der Waals surface area (Å²) in [6.45, 7) is 7.69. The van der Waals surface area contributed by atoms with Gasteiger partial charge in [0.05, 0.1) is 6.61 Å². The Balaban J connectivity index is 2.57. The smallest absolute Gasteiger partial charge is 0.412 e. The highest BCUT2D eigenvalue weighted by Crippen LogP contribution is 2.13. The van der Waals surface area contributed by atoms with Crippen molar-refractivity contribution in [2.24, 2.45) is 0 Å². The third-order valence-corrected chi connectivity index (χ3v) is 3.07. The molecule has 0 fully saturated rings. The molecule has 1 aromatic carbocycles. The molecule has 0 aliphatic carbocycles. The first-order valence-corrected chi connectivity index (χ1v) is 8.47. The molecule has 0 aromatic heterocycles. The second-order valence-electron chi connectivity index (χ2n) is 6.62. The van der Waals surface area contributed by atoms with Crippen LogP contribution in [0.4, 0.5) is 10.5 Å². The van der Waals surface area contributed by atoms with E-state index in [-0.39, 0.29) is 11.2 Å². The van der Waals surface area contributed by atoms with Crippen molar-refractivity contribution < 1.29 is 19.1 Å². The number of carbonyl (C=O) groups is 2. The van der Waals surface area contributed by atoms with Crippen LogP contribution in [0.5, 0.6) is 0 Å². The lowest BCUT2D eigenvalue weighted by Crippen LogP contribution is -2.49. The monoisotopic (exact) mass is 382 g/mol. The molecule has 1 rings (SSSR count). The molecule has 0 unspecified atom stereocenters. The van der Waals surface area contributed by atoms with Crippen LogP contribution in [-0.4, -0.2) is 42.5 Å². The fourth-order valence-corrected chi connectivity index (χ4v) is 2.15. The lowest BCUT2D eigenvalue weighted by atomic mass is 10.2. The third kappa shape index (κ3) is 8.63. The molecule has 0 spiro atoms. The maximum Gasteiger partial charge on any atom is 0.412 e. The van der Waals surface area contributed by atoms with E-state index < -0.39 is 17.6 Å². The number of thiocarbonyl (C=S) groups is 1. The van der Waals surface area contributed by atoms with Crippen molar-refractivity contribution in [2.45, 2.75) is 39.3 Å². The number of amides is 2. The summed E-state index contributed by atoms with van der Waals surface area (Å²) in [6.07, 6.45) is -0.592. The summed E-state index contributed by atoms with van der Waals surface area (Å²) in [6, 6.07) is 6.45. The van der Waals surface area contributed by atoms with E-state index in [0.29, 0.717) is 17.9 Å². The van der Waals surface area contributed by atoms with Gasteiger partial charge in [0, 0.05) is 24.4 Å². The van der Waals surface area contributed by atoms with Crippen molar-refractivity contribution in [1.29, 1.82) is 0 Å². The maximum atomic E-state index is 12.2. The molecule has 144 valence electrons. The van der Waals surface area contributed by atoms with Gasteiger partial charge >= 0.3 is 6.09 Å². The Bertz CT molecular complexity index is 646. The molecule has 2 amide bonds. The normalized spacial score (nSPS) is 11.9. The summed E-state index contributed by atoms with van der Waals surface area (Å²) in [7, 11) is 1.59. The minimum atomic E-state index is -0.606. The van der Waals surface area contributed by atoms with E-state index in [4.69, 9.17) is 21.7 Å². The number of ether oxygens (including phenoxy) is 2. The number of hydrogen-bond acceptors (Lipinski definition) is 5. The molecule has 26 heavy (non-hydrogen) atoms. The minimum Gasteiger partial charge on any atom is -0.444 e. The molecule has 9 heteroatoms. The molecule has 1 aromatic rings. The van der Waals surface area contributed by atoms with Crippen LogP contribution in [0.3, 0.4) is 0 Å². The summed E-state index contributed by atoms with van der Waals surface area (Å²) < 4.78 is 10.2.